The Labute approximate surface area is 118 Å². The molecule has 0 bridgehead atoms. The van der Waals surface area contributed by atoms with Gasteiger partial charge in [0.25, 0.3) is 5.69 Å². The summed E-state index contributed by atoms with van der Waals surface area (Å²) in [5, 5.41) is 14.6. The summed E-state index contributed by atoms with van der Waals surface area (Å²) in [5.74, 6) is 0.592. The summed E-state index contributed by atoms with van der Waals surface area (Å²) in [5.41, 5.74) is 1.82. The van der Waals surface area contributed by atoms with Crippen LogP contribution in [0.3, 0.4) is 0 Å². The van der Waals surface area contributed by atoms with E-state index in [-0.39, 0.29) is 5.69 Å². The van der Waals surface area contributed by atoms with Gasteiger partial charge < -0.3 is 5.32 Å². The Balaban J connectivity index is 2.79. The van der Waals surface area contributed by atoms with Gasteiger partial charge in [0.05, 0.1) is 4.92 Å². The van der Waals surface area contributed by atoms with Crippen molar-refractivity contribution >= 4 is 23.4 Å². The van der Waals surface area contributed by atoms with E-state index in [0.717, 1.165) is 18.7 Å². The van der Waals surface area contributed by atoms with Crippen LogP contribution in [0.2, 0.25) is 5.02 Å². The van der Waals surface area contributed by atoms with Crippen molar-refractivity contribution in [1.82, 2.24) is 5.32 Å². The van der Waals surface area contributed by atoms with Crippen molar-refractivity contribution in [3.05, 3.63) is 44.5 Å². The first kappa shape index (κ1) is 15.7. The highest BCUT2D eigenvalue weighted by Crippen LogP contribution is 2.24. The minimum Gasteiger partial charge on any atom is -0.313 e. The van der Waals surface area contributed by atoms with Crippen LogP contribution < -0.4 is 5.32 Å². The second kappa shape index (κ2) is 7.26. The molecule has 104 valence electrons. The van der Waals surface area contributed by atoms with Gasteiger partial charge in [-0.15, -0.1) is 0 Å². The van der Waals surface area contributed by atoms with Crippen LogP contribution in [-0.2, 0) is 0 Å². The molecule has 19 heavy (non-hydrogen) atoms. The van der Waals surface area contributed by atoms with Crippen molar-refractivity contribution in [2.75, 3.05) is 13.1 Å². The van der Waals surface area contributed by atoms with Crippen molar-refractivity contribution < 1.29 is 4.92 Å². The lowest BCUT2D eigenvalue weighted by Gasteiger charge is -2.08. The summed E-state index contributed by atoms with van der Waals surface area (Å²) < 4.78 is 0. The largest absolute Gasteiger partial charge is 0.313 e. The van der Waals surface area contributed by atoms with E-state index >= 15 is 0 Å². The van der Waals surface area contributed by atoms with E-state index in [0.29, 0.717) is 16.5 Å². The van der Waals surface area contributed by atoms with Gasteiger partial charge in [-0.3, -0.25) is 10.1 Å². The lowest BCUT2D eigenvalue weighted by Crippen LogP contribution is -2.21. The summed E-state index contributed by atoms with van der Waals surface area (Å²) in [6.07, 6.45) is 1.88. The molecule has 0 atom stereocenters. The van der Waals surface area contributed by atoms with E-state index in [1.54, 1.807) is 6.07 Å². The molecule has 0 aromatic heterocycles. The normalized spacial score (nSPS) is 11.9. The van der Waals surface area contributed by atoms with E-state index in [1.165, 1.54) is 12.1 Å². The summed E-state index contributed by atoms with van der Waals surface area (Å²) in [7, 11) is 0. The maximum atomic E-state index is 10.7. The third-order valence-corrected chi connectivity index (χ3v) is 2.89. The SMILES string of the molecule is CC(=Cc1cc([N+](=O)[O-])ccc1Cl)CNCC(C)C. The molecule has 0 amide bonds. The zero-order valence-corrected chi connectivity index (χ0v) is 12.2. The second-order valence-corrected chi connectivity index (χ2v) is 5.39. The minimum atomic E-state index is -0.417. The fourth-order valence-corrected chi connectivity index (χ4v) is 1.80. The Hall–Kier alpha value is -1.39. The molecule has 1 aromatic rings. The van der Waals surface area contributed by atoms with Crippen LogP contribution in [-0.4, -0.2) is 18.0 Å². The van der Waals surface area contributed by atoms with Crippen LogP contribution >= 0.6 is 11.6 Å². The predicted molar refractivity (Wildman–Crippen MR) is 79.5 cm³/mol. The van der Waals surface area contributed by atoms with Crippen LogP contribution in [0, 0.1) is 16.0 Å². The number of benzene rings is 1. The molecule has 0 aliphatic heterocycles. The molecule has 5 heteroatoms. The van der Waals surface area contributed by atoms with Gasteiger partial charge in [-0.1, -0.05) is 37.1 Å². The van der Waals surface area contributed by atoms with Gasteiger partial charge in [0, 0.05) is 23.7 Å². The smallest absolute Gasteiger partial charge is 0.270 e. The Bertz CT molecular complexity index is 484. The summed E-state index contributed by atoms with van der Waals surface area (Å²) in [6.45, 7) is 7.94. The van der Waals surface area contributed by atoms with Crippen LogP contribution in [0.1, 0.15) is 26.3 Å². The second-order valence-electron chi connectivity index (χ2n) is 4.98. The summed E-state index contributed by atoms with van der Waals surface area (Å²) in [6, 6.07) is 4.46. The molecule has 0 fully saturated rings. The monoisotopic (exact) mass is 282 g/mol. The average molecular weight is 283 g/mol. The van der Waals surface area contributed by atoms with Crippen LogP contribution in [0.4, 0.5) is 5.69 Å². The lowest BCUT2D eigenvalue weighted by atomic mass is 10.1. The molecule has 0 aliphatic carbocycles. The van der Waals surface area contributed by atoms with Gasteiger partial charge in [0.2, 0.25) is 0 Å². The number of non-ortho nitro benzene ring substituents is 1. The first-order chi connectivity index (χ1) is 8.90. The predicted octanol–water partition coefficient (Wildman–Crippen LogP) is 3.90. The first-order valence-electron chi connectivity index (χ1n) is 6.22. The van der Waals surface area contributed by atoms with Gasteiger partial charge in [-0.2, -0.15) is 0 Å². The van der Waals surface area contributed by atoms with E-state index < -0.39 is 4.92 Å². The van der Waals surface area contributed by atoms with Crippen molar-refractivity contribution in [3.8, 4) is 0 Å². The zero-order valence-electron chi connectivity index (χ0n) is 11.4. The number of nitro groups is 1. The Morgan fingerprint density at radius 3 is 2.79 bits per heavy atom. The molecule has 0 aliphatic rings. The van der Waals surface area contributed by atoms with Crippen molar-refractivity contribution in [2.45, 2.75) is 20.8 Å². The Morgan fingerprint density at radius 2 is 2.21 bits per heavy atom. The molecule has 1 rings (SSSR count). The molecular weight excluding hydrogens is 264 g/mol. The van der Waals surface area contributed by atoms with Crippen molar-refractivity contribution in [1.29, 1.82) is 0 Å². The highest BCUT2D eigenvalue weighted by atomic mass is 35.5. The van der Waals surface area contributed by atoms with E-state index in [2.05, 4.69) is 19.2 Å². The molecule has 0 heterocycles. The summed E-state index contributed by atoms with van der Waals surface area (Å²) >= 11 is 6.04. The Kier molecular flexibility index (Phi) is 5.99. The van der Waals surface area contributed by atoms with Gasteiger partial charge in [-0.25, -0.2) is 0 Å². The maximum Gasteiger partial charge on any atom is 0.270 e. The third-order valence-electron chi connectivity index (χ3n) is 2.55. The highest BCUT2D eigenvalue weighted by Gasteiger charge is 2.08. The van der Waals surface area contributed by atoms with E-state index in [1.807, 2.05) is 13.0 Å². The van der Waals surface area contributed by atoms with Gasteiger partial charge >= 0.3 is 0 Å². The lowest BCUT2D eigenvalue weighted by molar-refractivity contribution is -0.384. The average Bonchev–Trinajstić information content (AvgIpc) is 2.31. The Morgan fingerprint density at radius 1 is 1.53 bits per heavy atom. The third kappa shape index (κ3) is 5.41. The number of rotatable bonds is 6. The first-order valence-corrected chi connectivity index (χ1v) is 6.59. The number of nitrogens with one attached hydrogen (secondary N) is 1. The molecule has 1 aromatic carbocycles. The van der Waals surface area contributed by atoms with E-state index in [9.17, 15) is 10.1 Å². The summed E-state index contributed by atoms with van der Waals surface area (Å²) in [4.78, 5) is 10.3. The molecule has 0 unspecified atom stereocenters. The number of nitro benzene ring substituents is 1. The zero-order chi connectivity index (χ0) is 14.4. The fourth-order valence-electron chi connectivity index (χ4n) is 1.63. The van der Waals surface area contributed by atoms with Crippen LogP contribution in [0.15, 0.2) is 23.8 Å². The number of hydrogen-bond acceptors (Lipinski definition) is 3. The molecule has 0 saturated heterocycles. The van der Waals surface area contributed by atoms with Crippen LogP contribution in [0.25, 0.3) is 6.08 Å². The van der Waals surface area contributed by atoms with Gasteiger partial charge in [0.15, 0.2) is 0 Å². The molecular formula is C14H19ClN2O2. The molecule has 0 radical (unpaired) electrons. The van der Waals surface area contributed by atoms with Crippen molar-refractivity contribution in [2.24, 2.45) is 5.92 Å². The topological polar surface area (TPSA) is 55.2 Å². The standard InChI is InChI=1S/C14H19ClN2O2/c1-10(2)8-16-9-11(3)6-12-7-13(17(18)19)4-5-14(12)15/h4-7,10,16H,8-9H2,1-3H3. The quantitative estimate of drug-likeness (QED) is 0.636. The van der Waals surface area contributed by atoms with Crippen molar-refractivity contribution in [3.63, 3.8) is 0 Å². The molecule has 4 nitrogen and oxygen atoms in total. The van der Waals surface area contributed by atoms with Gasteiger partial charge in [-0.05, 0) is 31.0 Å². The molecule has 1 N–H and O–H groups in total. The number of nitrogens with zero attached hydrogens (tertiary/aromatic N) is 1. The highest BCUT2D eigenvalue weighted by molar-refractivity contribution is 6.32. The number of hydrogen-bond donors (Lipinski definition) is 1. The van der Waals surface area contributed by atoms with Crippen LogP contribution in [0.5, 0.6) is 0 Å². The number of halogens is 1. The van der Waals surface area contributed by atoms with Gasteiger partial charge in [0.1, 0.15) is 0 Å². The minimum absolute atomic E-state index is 0.0542. The molecule has 0 spiro atoms. The fraction of sp³-hybridized carbons (Fsp3) is 0.429. The van der Waals surface area contributed by atoms with E-state index in [4.69, 9.17) is 11.6 Å². The molecule has 0 saturated carbocycles. The maximum absolute atomic E-state index is 10.7.